The number of hydrogen-bond acceptors (Lipinski definition) is 6. The van der Waals surface area contributed by atoms with Crippen LogP contribution in [-0.2, 0) is 15.8 Å². The molecule has 0 radical (unpaired) electrons. The number of halogens is 4. The second-order valence-electron chi connectivity index (χ2n) is 9.68. The maximum absolute atomic E-state index is 14.5. The van der Waals surface area contributed by atoms with E-state index in [0.29, 0.717) is 10.9 Å². The summed E-state index contributed by atoms with van der Waals surface area (Å²) in [5.41, 5.74) is 0.0511. The molecule has 0 bridgehead atoms. The van der Waals surface area contributed by atoms with Crippen LogP contribution in [0.1, 0.15) is 28.5 Å². The van der Waals surface area contributed by atoms with E-state index in [1.807, 2.05) is 0 Å². The van der Waals surface area contributed by atoms with Gasteiger partial charge in [-0.15, -0.1) is 0 Å². The van der Waals surface area contributed by atoms with Gasteiger partial charge in [0.2, 0.25) is 11.5 Å². The minimum Gasteiger partial charge on any atom is -0.489 e. The Morgan fingerprint density at radius 3 is 2.52 bits per heavy atom. The van der Waals surface area contributed by atoms with Crippen molar-refractivity contribution in [3.05, 3.63) is 89.5 Å². The number of carbonyl (C=O) groups is 2. The summed E-state index contributed by atoms with van der Waals surface area (Å²) in [5.74, 6) is -2.37. The van der Waals surface area contributed by atoms with Crippen molar-refractivity contribution < 1.29 is 37.0 Å². The number of aliphatic hydroxyl groups is 1. The van der Waals surface area contributed by atoms with Gasteiger partial charge in [0.05, 0.1) is 17.8 Å². The highest BCUT2D eigenvalue weighted by Crippen LogP contribution is 2.47. The largest absolute Gasteiger partial charge is 0.489 e. The molecule has 2 amide bonds. The molecule has 5 rings (SSSR count). The van der Waals surface area contributed by atoms with Gasteiger partial charge in [0.1, 0.15) is 29.3 Å². The predicted octanol–water partition coefficient (Wildman–Crippen LogP) is 3.75. The topological polar surface area (TPSA) is 127 Å². The lowest BCUT2D eigenvalue weighted by Crippen LogP contribution is -2.51. The molecule has 12 heteroatoms. The SMILES string of the molecule is C[C@]1(C(N)=O)COc2c1cc([C@@](O)(CNC(=O)c1ccc3ncccc3c1)C(F)(F)F)nc2-c1ccc(F)cc1. The highest BCUT2D eigenvalue weighted by atomic mass is 19.4. The number of fused-ring (bicyclic) bond motifs is 2. The average molecular weight is 555 g/mol. The standard InChI is InChI=1S/C28H22F4N4O4/c1-26(25(33)38)14-40-23-19(26)12-21(36-22(23)15-4-7-18(29)8-5-15)27(39,28(30,31)32)13-35-24(37)17-6-9-20-16(11-17)3-2-10-34-20/h2-12,39H,13-14H2,1H3,(H2,33,38)(H,35,37)/t26-,27-/m0/s1. The molecule has 0 spiro atoms. The summed E-state index contributed by atoms with van der Waals surface area (Å²) in [4.78, 5) is 33.4. The average Bonchev–Trinajstić information content (AvgIpc) is 3.28. The van der Waals surface area contributed by atoms with Crippen LogP contribution in [0.5, 0.6) is 5.75 Å². The van der Waals surface area contributed by atoms with E-state index in [-0.39, 0.29) is 34.7 Å². The fraction of sp³-hybridized carbons (Fsp3) is 0.214. The van der Waals surface area contributed by atoms with Gasteiger partial charge in [-0.25, -0.2) is 9.37 Å². The smallest absolute Gasteiger partial charge is 0.424 e. The van der Waals surface area contributed by atoms with Crippen LogP contribution in [0.4, 0.5) is 17.6 Å². The summed E-state index contributed by atoms with van der Waals surface area (Å²) in [5, 5.41) is 13.9. The Morgan fingerprint density at radius 2 is 1.85 bits per heavy atom. The van der Waals surface area contributed by atoms with E-state index in [0.717, 1.165) is 18.2 Å². The van der Waals surface area contributed by atoms with E-state index < -0.39 is 47.1 Å². The Hall–Kier alpha value is -4.58. The third kappa shape index (κ3) is 4.49. The van der Waals surface area contributed by atoms with Crippen LogP contribution < -0.4 is 15.8 Å². The van der Waals surface area contributed by atoms with Crippen molar-refractivity contribution in [2.45, 2.75) is 24.1 Å². The molecule has 0 unspecified atom stereocenters. The number of nitrogens with two attached hydrogens (primary N) is 1. The number of amides is 2. The molecule has 206 valence electrons. The van der Waals surface area contributed by atoms with E-state index in [1.54, 1.807) is 24.4 Å². The van der Waals surface area contributed by atoms with E-state index in [2.05, 4.69) is 15.3 Å². The number of hydrogen-bond donors (Lipinski definition) is 3. The maximum Gasteiger partial charge on any atom is 0.424 e. The third-order valence-electron chi connectivity index (χ3n) is 7.00. The first-order valence-corrected chi connectivity index (χ1v) is 12.0. The quantitative estimate of drug-likeness (QED) is 0.312. The molecule has 1 aliphatic rings. The lowest BCUT2D eigenvalue weighted by molar-refractivity contribution is -0.265. The molecular weight excluding hydrogens is 532 g/mol. The number of nitrogens with one attached hydrogen (secondary N) is 1. The van der Waals surface area contributed by atoms with Crippen molar-refractivity contribution in [1.82, 2.24) is 15.3 Å². The molecule has 2 aromatic carbocycles. The van der Waals surface area contributed by atoms with Crippen LogP contribution in [0.3, 0.4) is 0 Å². The summed E-state index contributed by atoms with van der Waals surface area (Å²) in [6.45, 7) is -0.194. The number of aromatic nitrogens is 2. The molecule has 1 aliphatic heterocycles. The molecule has 0 fully saturated rings. The number of nitrogens with zero attached hydrogens (tertiary/aromatic N) is 2. The number of benzene rings is 2. The predicted molar refractivity (Wildman–Crippen MR) is 136 cm³/mol. The Balaban J connectivity index is 1.58. The Bertz CT molecular complexity index is 1640. The van der Waals surface area contributed by atoms with Gasteiger partial charge < -0.3 is 20.9 Å². The van der Waals surface area contributed by atoms with Gasteiger partial charge >= 0.3 is 6.18 Å². The molecule has 0 saturated carbocycles. The first kappa shape index (κ1) is 27.0. The molecule has 2 atom stereocenters. The van der Waals surface area contributed by atoms with Crippen molar-refractivity contribution in [2.75, 3.05) is 13.2 Å². The van der Waals surface area contributed by atoms with Gasteiger partial charge in [0.15, 0.2) is 0 Å². The molecule has 4 N–H and O–H groups in total. The number of carbonyl (C=O) groups excluding carboxylic acids is 2. The van der Waals surface area contributed by atoms with Crippen LogP contribution in [0, 0.1) is 5.82 Å². The Morgan fingerprint density at radius 1 is 1.12 bits per heavy atom. The van der Waals surface area contributed by atoms with Crippen LogP contribution in [0.25, 0.3) is 22.2 Å². The zero-order valence-electron chi connectivity index (χ0n) is 20.9. The molecule has 0 aliphatic carbocycles. The van der Waals surface area contributed by atoms with E-state index in [9.17, 15) is 32.3 Å². The van der Waals surface area contributed by atoms with Crippen molar-refractivity contribution in [3.63, 3.8) is 0 Å². The number of alkyl halides is 3. The first-order valence-electron chi connectivity index (χ1n) is 12.0. The summed E-state index contributed by atoms with van der Waals surface area (Å²) in [6, 6.07) is 13.3. The highest BCUT2D eigenvalue weighted by Gasteiger charge is 2.57. The van der Waals surface area contributed by atoms with E-state index in [4.69, 9.17) is 10.5 Å². The minimum absolute atomic E-state index is 0.0185. The molecule has 3 heterocycles. The van der Waals surface area contributed by atoms with Gasteiger partial charge in [0.25, 0.3) is 5.91 Å². The number of rotatable bonds is 6. The molecule has 40 heavy (non-hydrogen) atoms. The molecule has 0 saturated heterocycles. The van der Waals surface area contributed by atoms with Crippen LogP contribution in [-0.4, -0.2) is 46.2 Å². The fourth-order valence-corrected chi connectivity index (χ4v) is 4.47. The van der Waals surface area contributed by atoms with Crippen molar-refractivity contribution >= 4 is 22.7 Å². The molecule has 2 aromatic heterocycles. The number of primary amides is 1. The maximum atomic E-state index is 14.5. The van der Waals surface area contributed by atoms with Crippen LogP contribution in [0.15, 0.2) is 66.9 Å². The summed E-state index contributed by atoms with van der Waals surface area (Å²) < 4.78 is 62.8. The molecule has 8 nitrogen and oxygen atoms in total. The highest BCUT2D eigenvalue weighted by molar-refractivity contribution is 5.98. The molecule has 4 aromatic rings. The van der Waals surface area contributed by atoms with Gasteiger partial charge in [-0.3, -0.25) is 14.6 Å². The summed E-state index contributed by atoms with van der Waals surface area (Å²) >= 11 is 0. The fourth-order valence-electron chi connectivity index (χ4n) is 4.47. The number of pyridine rings is 2. The van der Waals surface area contributed by atoms with Crippen molar-refractivity contribution in [1.29, 1.82) is 0 Å². The summed E-state index contributed by atoms with van der Waals surface area (Å²) in [7, 11) is 0. The Kier molecular flexibility index (Phi) is 6.45. The van der Waals surface area contributed by atoms with Gasteiger partial charge in [-0.2, -0.15) is 13.2 Å². The second kappa shape index (κ2) is 9.56. The second-order valence-corrected chi connectivity index (χ2v) is 9.68. The van der Waals surface area contributed by atoms with Crippen molar-refractivity contribution in [2.24, 2.45) is 5.73 Å². The monoisotopic (exact) mass is 554 g/mol. The van der Waals surface area contributed by atoms with E-state index in [1.165, 1.54) is 31.2 Å². The number of ether oxygens (including phenoxy) is 1. The zero-order valence-corrected chi connectivity index (χ0v) is 20.9. The zero-order chi connectivity index (χ0) is 28.9. The lowest BCUT2D eigenvalue weighted by atomic mass is 9.81. The van der Waals surface area contributed by atoms with Crippen LogP contribution >= 0.6 is 0 Å². The normalized spacial score (nSPS) is 18.1. The van der Waals surface area contributed by atoms with E-state index >= 15 is 0 Å². The lowest BCUT2D eigenvalue weighted by Gasteiger charge is -2.31. The van der Waals surface area contributed by atoms with Crippen molar-refractivity contribution in [3.8, 4) is 17.0 Å². The molecular formula is C28H22F4N4O4. The van der Waals surface area contributed by atoms with Gasteiger partial charge in [0, 0.05) is 28.3 Å². The minimum atomic E-state index is -5.32. The first-order chi connectivity index (χ1) is 18.8. The van der Waals surface area contributed by atoms with Crippen LogP contribution in [0.2, 0.25) is 0 Å². The van der Waals surface area contributed by atoms with Gasteiger partial charge in [-0.05, 0) is 61.5 Å². The summed E-state index contributed by atoms with van der Waals surface area (Å²) in [6.07, 6.45) is -3.76. The van der Waals surface area contributed by atoms with Gasteiger partial charge in [-0.1, -0.05) is 6.07 Å². The third-order valence-corrected chi connectivity index (χ3v) is 7.00. The Labute approximate surface area is 224 Å².